The van der Waals surface area contributed by atoms with Crippen molar-refractivity contribution in [3.63, 3.8) is 0 Å². The first-order valence-corrected chi connectivity index (χ1v) is 15.6. The number of nitrogens with two attached hydrogens (primary N) is 1. The van der Waals surface area contributed by atoms with Crippen molar-refractivity contribution in [2.24, 2.45) is 5.73 Å². The highest BCUT2D eigenvalue weighted by Crippen LogP contribution is 2.20. The number of rotatable bonds is 9. The van der Waals surface area contributed by atoms with Crippen LogP contribution in [0, 0.1) is 0 Å². The van der Waals surface area contributed by atoms with Crippen molar-refractivity contribution < 1.29 is 24.0 Å². The predicted molar refractivity (Wildman–Crippen MR) is 178 cm³/mol. The molecule has 0 atom stereocenters. The molecule has 3 aromatic carbocycles. The van der Waals surface area contributed by atoms with E-state index >= 15 is 0 Å². The van der Waals surface area contributed by atoms with Crippen LogP contribution in [0.2, 0.25) is 0 Å². The van der Waals surface area contributed by atoms with Gasteiger partial charge in [-0.3, -0.25) is 24.0 Å². The number of amides is 5. The van der Waals surface area contributed by atoms with Crippen molar-refractivity contribution in [1.29, 1.82) is 0 Å². The number of hydrogen-bond donors (Lipinski definition) is 1. The van der Waals surface area contributed by atoms with E-state index in [1.54, 1.807) is 91.0 Å². The Balaban J connectivity index is 1.82. The molecule has 1 saturated heterocycles. The molecule has 3 aromatic rings. The molecule has 11 nitrogen and oxygen atoms in total. The number of unbranched alkanes of at least 4 members (excludes halogenated alkanes) is 1. The third-order valence-electron chi connectivity index (χ3n) is 7.76. The zero-order valence-electron chi connectivity index (χ0n) is 26.3. The quantitative estimate of drug-likeness (QED) is 0.389. The average Bonchev–Trinajstić information content (AvgIpc) is 3.08. The van der Waals surface area contributed by atoms with E-state index in [0.29, 0.717) is 43.0 Å². The van der Waals surface area contributed by atoms with Crippen LogP contribution in [0.25, 0.3) is 0 Å². The summed E-state index contributed by atoms with van der Waals surface area (Å²) in [6.07, 6.45) is 1.86. The van der Waals surface area contributed by atoms with E-state index in [9.17, 15) is 24.0 Å². The van der Waals surface area contributed by atoms with Gasteiger partial charge in [0, 0.05) is 30.2 Å². The van der Waals surface area contributed by atoms with Crippen LogP contribution in [0.1, 0.15) is 26.2 Å². The van der Waals surface area contributed by atoms with Gasteiger partial charge in [0.15, 0.2) is 0 Å². The van der Waals surface area contributed by atoms with Crippen LogP contribution in [-0.4, -0.2) is 91.7 Å². The molecule has 0 aromatic heterocycles. The summed E-state index contributed by atoms with van der Waals surface area (Å²) in [5.74, 6) is -2.30. The van der Waals surface area contributed by atoms with E-state index in [0.717, 1.165) is 6.42 Å². The Morgan fingerprint density at radius 3 is 1.15 bits per heavy atom. The van der Waals surface area contributed by atoms with E-state index in [4.69, 9.17) is 5.73 Å². The lowest BCUT2D eigenvalue weighted by molar-refractivity contribution is -0.136. The maximum Gasteiger partial charge on any atom is 0.247 e. The van der Waals surface area contributed by atoms with Gasteiger partial charge in [0.25, 0.3) is 0 Å². The maximum absolute atomic E-state index is 14.1. The third kappa shape index (κ3) is 9.01. The summed E-state index contributed by atoms with van der Waals surface area (Å²) in [5.41, 5.74) is 7.23. The van der Waals surface area contributed by atoms with Crippen LogP contribution in [0.5, 0.6) is 0 Å². The lowest BCUT2D eigenvalue weighted by Gasteiger charge is -2.30. The second kappa shape index (κ2) is 16.9. The summed E-state index contributed by atoms with van der Waals surface area (Å²) in [7, 11) is 0. The summed E-state index contributed by atoms with van der Waals surface area (Å²) in [5, 5.41) is 0. The number of carbonyl (C=O) groups is 5. The molecule has 1 aliphatic rings. The largest absolute Gasteiger partial charge is 0.332 e. The molecular weight excluding hydrogens is 584 g/mol. The van der Waals surface area contributed by atoms with Gasteiger partial charge in [-0.05, 0) is 55.8 Å². The highest BCUT2D eigenvalue weighted by Gasteiger charge is 2.32. The molecule has 1 aliphatic heterocycles. The number of carbonyl (C=O) groups excluding carboxylic acids is 5. The summed E-state index contributed by atoms with van der Waals surface area (Å²) in [6.45, 7) is 1.12. The second-order valence-electron chi connectivity index (χ2n) is 11.1. The van der Waals surface area contributed by atoms with E-state index in [1.165, 1.54) is 24.5 Å². The van der Waals surface area contributed by atoms with Gasteiger partial charge in [-0.1, -0.05) is 67.9 Å². The molecule has 0 unspecified atom stereocenters. The highest BCUT2D eigenvalue weighted by molar-refractivity contribution is 6.08. The van der Waals surface area contributed by atoms with Gasteiger partial charge in [-0.2, -0.15) is 0 Å². The molecule has 11 heteroatoms. The fourth-order valence-corrected chi connectivity index (χ4v) is 5.20. The molecule has 5 amide bonds. The number of anilines is 3. The molecule has 46 heavy (non-hydrogen) atoms. The predicted octanol–water partition coefficient (Wildman–Crippen LogP) is 2.91. The van der Waals surface area contributed by atoms with Crippen LogP contribution in [0.15, 0.2) is 91.0 Å². The summed E-state index contributed by atoms with van der Waals surface area (Å²) >= 11 is 0. The molecule has 242 valence electrons. The SMILES string of the molecule is CCCCN1CC(=O)N(c2ccccc2)CC(=O)N(CCCN)CC(=O)N(c2ccccc2)CC(=O)N(c2ccccc2)CC1=O. The summed E-state index contributed by atoms with van der Waals surface area (Å²) in [6, 6.07) is 26.3. The molecule has 0 aliphatic carbocycles. The minimum Gasteiger partial charge on any atom is -0.332 e. The Labute approximate surface area is 270 Å². The summed E-state index contributed by atoms with van der Waals surface area (Å²) in [4.78, 5) is 76.6. The number of hydrogen-bond acceptors (Lipinski definition) is 6. The average molecular weight is 627 g/mol. The van der Waals surface area contributed by atoms with Gasteiger partial charge in [0.1, 0.15) is 32.7 Å². The first-order chi connectivity index (χ1) is 22.3. The second-order valence-corrected chi connectivity index (χ2v) is 11.1. The molecule has 0 saturated carbocycles. The lowest BCUT2D eigenvalue weighted by Crippen LogP contribution is -2.50. The van der Waals surface area contributed by atoms with Gasteiger partial charge in [0.2, 0.25) is 29.5 Å². The Hall–Kier alpha value is -5.03. The normalized spacial score (nSPS) is 16.1. The van der Waals surface area contributed by atoms with Crippen LogP contribution in [-0.2, 0) is 24.0 Å². The molecule has 0 bridgehead atoms. The van der Waals surface area contributed by atoms with E-state index in [-0.39, 0.29) is 39.3 Å². The van der Waals surface area contributed by atoms with E-state index in [1.807, 2.05) is 6.92 Å². The van der Waals surface area contributed by atoms with Crippen LogP contribution in [0.3, 0.4) is 0 Å². The highest BCUT2D eigenvalue weighted by atomic mass is 16.2. The van der Waals surface area contributed by atoms with Crippen molar-refractivity contribution in [2.75, 3.05) is 67.1 Å². The van der Waals surface area contributed by atoms with Gasteiger partial charge < -0.3 is 30.2 Å². The topological polar surface area (TPSA) is 128 Å². The van der Waals surface area contributed by atoms with E-state index < -0.39 is 29.5 Å². The zero-order valence-corrected chi connectivity index (χ0v) is 26.3. The van der Waals surface area contributed by atoms with Crippen LogP contribution < -0.4 is 20.4 Å². The molecule has 1 heterocycles. The van der Waals surface area contributed by atoms with Gasteiger partial charge in [-0.15, -0.1) is 0 Å². The van der Waals surface area contributed by atoms with Crippen molar-refractivity contribution in [3.05, 3.63) is 91.0 Å². The Bertz CT molecular complexity index is 1430. The first-order valence-electron chi connectivity index (χ1n) is 15.6. The molecular formula is C35H42N6O5. The van der Waals surface area contributed by atoms with Crippen molar-refractivity contribution in [2.45, 2.75) is 26.2 Å². The Morgan fingerprint density at radius 1 is 0.478 bits per heavy atom. The first kappa shape index (κ1) is 33.9. The van der Waals surface area contributed by atoms with Crippen LogP contribution in [0.4, 0.5) is 17.1 Å². The van der Waals surface area contributed by atoms with Gasteiger partial charge >= 0.3 is 0 Å². The lowest BCUT2D eigenvalue weighted by atomic mass is 10.2. The van der Waals surface area contributed by atoms with Crippen molar-refractivity contribution >= 4 is 46.6 Å². The summed E-state index contributed by atoms with van der Waals surface area (Å²) < 4.78 is 0. The molecule has 2 N–H and O–H groups in total. The van der Waals surface area contributed by atoms with Crippen molar-refractivity contribution in [3.8, 4) is 0 Å². The molecule has 0 spiro atoms. The smallest absolute Gasteiger partial charge is 0.247 e. The third-order valence-corrected chi connectivity index (χ3v) is 7.76. The number of nitrogens with zero attached hydrogens (tertiary/aromatic N) is 5. The maximum atomic E-state index is 14.1. The van der Waals surface area contributed by atoms with Gasteiger partial charge in [0.05, 0.1) is 0 Å². The number of para-hydroxylation sites is 3. The Morgan fingerprint density at radius 2 is 0.804 bits per heavy atom. The van der Waals surface area contributed by atoms with Crippen molar-refractivity contribution in [1.82, 2.24) is 9.80 Å². The van der Waals surface area contributed by atoms with Gasteiger partial charge in [-0.25, -0.2) is 0 Å². The minimum absolute atomic E-state index is 0.186. The Kier molecular flexibility index (Phi) is 12.4. The van der Waals surface area contributed by atoms with E-state index in [2.05, 4.69) is 0 Å². The minimum atomic E-state index is -0.487. The molecule has 1 fully saturated rings. The fraction of sp³-hybridized carbons (Fsp3) is 0.343. The molecule has 0 radical (unpaired) electrons. The van der Waals surface area contributed by atoms with Crippen LogP contribution >= 0.6 is 0 Å². The molecule has 4 rings (SSSR count). The zero-order chi connectivity index (χ0) is 32.9. The monoisotopic (exact) mass is 626 g/mol. The fourth-order valence-electron chi connectivity index (χ4n) is 5.20. The number of benzene rings is 3. The standard InChI is InChI=1S/C35H42N6O5/c1-2-3-21-37-23-33(44)39(28-14-7-4-8-15-28)25-32(43)38(22-13-20-36)24-34(45)41(30-18-11-6-12-19-30)27-35(46)40(26-31(37)42)29-16-9-5-10-17-29/h4-12,14-19H,2-3,13,20-27,36H2,1H3.